The standard InChI is InChI=1S/C20H23FN4O2/c1-22-20(27)23-19(26)18(15-7-3-2-4-8-15)25-13-11-24(12-14-25)17-10-6-5-9-16(17)21/h2-10,18H,11-14H2,1H3,(H2,22,23,26,27). The maximum absolute atomic E-state index is 14.0. The number of rotatable bonds is 4. The van der Waals surface area contributed by atoms with E-state index in [4.69, 9.17) is 0 Å². The molecule has 2 N–H and O–H groups in total. The van der Waals surface area contributed by atoms with Crippen molar-refractivity contribution in [3.63, 3.8) is 0 Å². The zero-order valence-corrected chi connectivity index (χ0v) is 15.2. The Labute approximate surface area is 158 Å². The Bertz CT molecular complexity index is 792. The van der Waals surface area contributed by atoms with Crippen LogP contribution in [0, 0.1) is 5.82 Å². The molecule has 3 rings (SSSR count). The zero-order chi connectivity index (χ0) is 19.2. The van der Waals surface area contributed by atoms with E-state index in [-0.39, 0.29) is 11.7 Å². The van der Waals surface area contributed by atoms with Gasteiger partial charge in [0.25, 0.3) is 0 Å². The Morgan fingerprint density at radius 2 is 1.59 bits per heavy atom. The lowest BCUT2D eigenvalue weighted by atomic mass is 10.0. The minimum absolute atomic E-state index is 0.247. The van der Waals surface area contributed by atoms with Crippen LogP contribution in [-0.2, 0) is 4.79 Å². The van der Waals surface area contributed by atoms with E-state index in [1.54, 1.807) is 12.1 Å². The van der Waals surface area contributed by atoms with Gasteiger partial charge in [-0.15, -0.1) is 0 Å². The molecule has 0 saturated carbocycles. The SMILES string of the molecule is CNC(=O)NC(=O)C(c1ccccc1)N1CCN(c2ccccc2F)CC1. The molecule has 0 radical (unpaired) electrons. The Hall–Kier alpha value is -2.93. The number of hydrogen-bond acceptors (Lipinski definition) is 4. The van der Waals surface area contributed by atoms with Crippen molar-refractivity contribution in [1.29, 1.82) is 0 Å². The second kappa shape index (κ2) is 8.64. The fraction of sp³-hybridized carbons (Fsp3) is 0.300. The number of imide groups is 1. The molecule has 0 bridgehead atoms. The Morgan fingerprint density at radius 1 is 0.963 bits per heavy atom. The number of halogens is 1. The minimum Gasteiger partial charge on any atom is -0.367 e. The fourth-order valence-corrected chi connectivity index (χ4v) is 3.34. The second-order valence-electron chi connectivity index (χ2n) is 6.36. The van der Waals surface area contributed by atoms with Gasteiger partial charge in [-0.3, -0.25) is 15.0 Å². The summed E-state index contributed by atoms with van der Waals surface area (Å²) in [5.41, 5.74) is 1.39. The molecular formula is C20H23FN4O2. The molecule has 1 saturated heterocycles. The summed E-state index contributed by atoms with van der Waals surface area (Å²) in [5.74, 6) is -0.622. The van der Waals surface area contributed by atoms with E-state index in [1.165, 1.54) is 13.1 Å². The van der Waals surface area contributed by atoms with Crippen LogP contribution in [0.5, 0.6) is 0 Å². The number of carbonyl (C=O) groups excluding carboxylic acids is 2. The van der Waals surface area contributed by atoms with Crippen molar-refractivity contribution in [2.45, 2.75) is 6.04 Å². The van der Waals surface area contributed by atoms with Gasteiger partial charge < -0.3 is 10.2 Å². The quantitative estimate of drug-likeness (QED) is 0.866. The molecule has 1 fully saturated rings. The number of piperazine rings is 1. The lowest BCUT2D eigenvalue weighted by Crippen LogP contribution is -2.52. The highest BCUT2D eigenvalue weighted by atomic mass is 19.1. The molecule has 7 heteroatoms. The lowest BCUT2D eigenvalue weighted by Gasteiger charge is -2.39. The van der Waals surface area contributed by atoms with Gasteiger partial charge in [-0.25, -0.2) is 9.18 Å². The van der Waals surface area contributed by atoms with Crippen LogP contribution in [0.1, 0.15) is 11.6 Å². The summed E-state index contributed by atoms with van der Waals surface area (Å²) < 4.78 is 14.0. The van der Waals surface area contributed by atoms with Gasteiger partial charge in [0.1, 0.15) is 11.9 Å². The van der Waals surface area contributed by atoms with Gasteiger partial charge in [-0.2, -0.15) is 0 Å². The van der Waals surface area contributed by atoms with Crippen LogP contribution in [0.4, 0.5) is 14.9 Å². The number of benzene rings is 2. The minimum atomic E-state index is -0.578. The van der Waals surface area contributed by atoms with Crippen molar-refractivity contribution in [3.05, 3.63) is 66.0 Å². The number of para-hydroxylation sites is 1. The Morgan fingerprint density at radius 3 is 2.22 bits per heavy atom. The maximum atomic E-state index is 14.0. The van der Waals surface area contributed by atoms with Gasteiger partial charge in [0.05, 0.1) is 5.69 Å². The van der Waals surface area contributed by atoms with Crippen LogP contribution in [0.3, 0.4) is 0 Å². The van der Waals surface area contributed by atoms with Crippen molar-refractivity contribution >= 4 is 17.6 Å². The molecule has 1 aliphatic rings. The summed E-state index contributed by atoms with van der Waals surface area (Å²) in [4.78, 5) is 28.3. The first-order chi connectivity index (χ1) is 13.1. The summed E-state index contributed by atoms with van der Waals surface area (Å²) in [6, 6.07) is 14.9. The Kier molecular flexibility index (Phi) is 6.03. The van der Waals surface area contributed by atoms with E-state index in [0.29, 0.717) is 31.9 Å². The highest BCUT2D eigenvalue weighted by Crippen LogP contribution is 2.25. The summed E-state index contributed by atoms with van der Waals surface area (Å²) >= 11 is 0. The van der Waals surface area contributed by atoms with Crippen molar-refractivity contribution in [2.24, 2.45) is 0 Å². The number of amides is 3. The number of nitrogens with zero attached hydrogens (tertiary/aromatic N) is 2. The fourth-order valence-electron chi connectivity index (χ4n) is 3.34. The zero-order valence-electron chi connectivity index (χ0n) is 15.2. The molecule has 2 aromatic carbocycles. The van der Waals surface area contributed by atoms with Crippen LogP contribution in [-0.4, -0.2) is 50.1 Å². The van der Waals surface area contributed by atoms with Gasteiger partial charge in [0, 0.05) is 33.2 Å². The predicted molar refractivity (Wildman–Crippen MR) is 102 cm³/mol. The average Bonchev–Trinajstić information content (AvgIpc) is 2.70. The number of nitrogens with one attached hydrogen (secondary N) is 2. The largest absolute Gasteiger partial charge is 0.367 e. The van der Waals surface area contributed by atoms with Gasteiger partial charge in [-0.1, -0.05) is 42.5 Å². The molecule has 1 atom stereocenters. The van der Waals surface area contributed by atoms with Gasteiger partial charge in [0.2, 0.25) is 5.91 Å². The third-order valence-corrected chi connectivity index (χ3v) is 4.70. The lowest BCUT2D eigenvalue weighted by molar-refractivity contribution is -0.125. The number of anilines is 1. The molecular weight excluding hydrogens is 347 g/mol. The number of urea groups is 1. The van der Waals surface area contributed by atoms with E-state index in [2.05, 4.69) is 10.6 Å². The van der Waals surface area contributed by atoms with Crippen LogP contribution >= 0.6 is 0 Å². The van der Waals surface area contributed by atoms with E-state index in [9.17, 15) is 14.0 Å². The highest BCUT2D eigenvalue weighted by Gasteiger charge is 2.31. The van der Waals surface area contributed by atoms with Crippen LogP contribution in [0.25, 0.3) is 0 Å². The molecule has 6 nitrogen and oxygen atoms in total. The van der Waals surface area contributed by atoms with Gasteiger partial charge in [-0.05, 0) is 17.7 Å². The van der Waals surface area contributed by atoms with Crippen LogP contribution in [0.15, 0.2) is 54.6 Å². The average molecular weight is 370 g/mol. The van der Waals surface area contributed by atoms with Crippen molar-refractivity contribution in [1.82, 2.24) is 15.5 Å². The van der Waals surface area contributed by atoms with Crippen LogP contribution < -0.4 is 15.5 Å². The monoisotopic (exact) mass is 370 g/mol. The molecule has 3 amide bonds. The smallest absolute Gasteiger partial charge is 0.321 e. The van der Waals surface area contributed by atoms with E-state index < -0.39 is 12.1 Å². The molecule has 1 unspecified atom stereocenters. The summed E-state index contributed by atoms with van der Waals surface area (Å²) in [7, 11) is 1.47. The highest BCUT2D eigenvalue weighted by molar-refractivity contribution is 5.97. The third kappa shape index (κ3) is 4.43. The topological polar surface area (TPSA) is 64.7 Å². The molecule has 0 spiro atoms. The van der Waals surface area contributed by atoms with Gasteiger partial charge in [0.15, 0.2) is 0 Å². The molecule has 27 heavy (non-hydrogen) atoms. The van der Waals surface area contributed by atoms with Crippen molar-refractivity contribution in [2.75, 3.05) is 38.1 Å². The first-order valence-electron chi connectivity index (χ1n) is 8.91. The molecule has 0 aromatic heterocycles. The predicted octanol–water partition coefficient (Wildman–Crippen LogP) is 2.14. The second-order valence-corrected chi connectivity index (χ2v) is 6.36. The summed E-state index contributed by atoms with van der Waals surface area (Å²) in [6.07, 6.45) is 0. The molecule has 0 aliphatic carbocycles. The van der Waals surface area contributed by atoms with Crippen molar-refractivity contribution in [3.8, 4) is 0 Å². The molecule has 1 heterocycles. The van der Waals surface area contributed by atoms with E-state index in [1.807, 2.05) is 46.2 Å². The Balaban J connectivity index is 1.75. The van der Waals surface area contributed by atoms with E-state index in [0.717, 1.165) is 5.56 Å². The maximum Gasteiger partial charge on any atom is 0.321 e. The van der Waals surface area contributed by atoms with Crippen LogP contribution in [0.2, 0.25) is 0 Å². The summed E-state index contributed by atoms with van der Waals surface area (Å²) in [6.45, 7) is 2.35. The molecule has 142 valence electrons. The number of carbonyl (C=O) groups is 2. The molecule has 1 aliphatic heterocycles. The first kappa shape index (κ1) is 18.8. The normalized spacial score (nSPS) is 15.9. The number of hydrogen-bond donors (Lipinski definition) is 2. The molecule has 2 aromatic rings. The summed E-state index contributed by atoms with van der Waals surface area (Å²) in [5, 5.41) is 4.77. The van der Waals surface area contributed by atoms with Crippen molar-refractivity contribution < 1.29 is 14.0 Å². The van der Waals surface area contributed by atoms with E-state index >= 15 is 0 Å². The van der Waals surface area contributed by atoms with Gasteiger partial charge >= 0.3 is 6.03 Å². The third-order valence-electron chi connectivity index (χ3n) is 4.70. The first-order valence-corrected chi connectivity index (χ1v) is 8.91.